The molecule has 0 spiro atoms. The van der Waals surface area contributed by atoms with Crippen LogP contribution in [0.25, 0.3) is 0 Å². The first kappa shape index (κ1) is 34.2. The van der Waals surface area contributed by atoms with E-state index in [2.05, 4.69) is 10.2 Å². The van der Waals surface area contributed by atoms with E-state index in [1.165, 1.54) is 11.0 Å². The highest BCUT2D eigenvalue weighted by Gasteiger charge is 2.38. The Kier molecular flexibility index (Phi) is 10.3. The molecule has 3 saturated heterocycles. The summed E-state index contributed by atoms with van der Waals surface area (Å²) in [4.78, 5) is 47.9. The number of ether oxygens (including phenoxy) is 1. The summed E-state index contributed by atoms with van der Waals surface area (Å²) in [6.07, 6.45) is -1.48. The molecule has 0 radical (unpaired) electrons. The second-order valence-corrected chi connectivity index (χ2v) is 13.6. The minimum atomic E-state index is -4.76. The number of anilines is 2. The highest BCUT2D eigenvalue weighted by atomic mass is 35.5. The number of urea groups is 1. The molecule has 0 aromatic heterocycles. The predicted molar refractivity (Wildman–Crippen MR) is 176 cm³/mol. The van der Waals surface area contributed by atoms with Crippen molar-refractivity contribution in [3.05, 3.63) is 58.1 Å². The standard InChI is InChI=1S/C34H42ClF3N6O4/c35-27-20-22(19-26(30(27)39)34(36,37)38)21-29(31(45)42-14-8-24(9-15-42)41-12-3-4-13-41)48-33(47)43-16-10-25(11-17-43)44-18-7-23-5-1-2-6-28(23)40-32(44)46/h1-2,5-6,19-20,24-25,29H,3-4,7-18,21,39H2,(H,40,46)/t29-/m1/s1. The normalized spacial score (nSPS) is 20.7. The fraction of sp³-hybridized carbons (Fsp3) is 0.559. The number of halogens is 4. The summed E-state index contributed by atoms with van der Waals surface area (Å²) in [5.74, 6) is -0.444. The van der Waals surface area contributed by atoms with E-state index in [1.54, 1.807) is 4.90 Å². The third kappa shape index (κ3) is 7.62. The van der Waals surface area contributed by atoms with Gasteiger partial charge in [0, 0.05) is 56.9 Å². The molecule has 2 aromatic rings. The van der Waals surface area contributed by atoms with Crippen LogP contribution in [0.3, 0.4) is 0 Å². The molecule has 1 atom stereocenters. The highest BCUT2D eigenvalue weighted by molar-refractivity contribution is 6.33. The van der Waals surface area contributed by atoms with E-state index in [1.807, 2.05) is 29.2 Å². The maximum Gasteiger partial charge on any atom is 0.418 e. The van der Waals surface area contributed by atoms with Gasteiger partial charge in [-0.05, 0) is 87.4 Å². The predicted octanol–water partition coefficient (Wildman–Crippen LogP) is 5.63. The van der Waals surface area contributed by atoms with E-state index in [0.29, 0.717) is 58.0 Å². The SMILES string of the molecule is Nc1c(Cl)cc(C[C@@H](OC(=O)N2CCC(N3CCc4ccccc4NC3=O)CC2)C(=O)N2CCC(N3CCCC3)CC2)cc1C(F)(F)F. The van der Waals surface area contributed by atoms with Crippen molar-refractivity contribution in [3.63, 3.8) is 0 Å². The second kappa shape index (κ2) is 14.4. The van der Waals surface area contributed by atoms with Gasteiger partial charge in [0.2, 0.25) is 0 Å². The molecule has 14 heteroatoms. The largest absolute Gasteiger partial charge is 0.436 e. The van der Waals surface area contributed by atoms with E-state index >= 15 is 0 Å². The molecular weight excluding hydrogens is 649 g/mol. The Hall–Kier alpha value is -3.71. The summed E-state index contributed by atoms with van der Waals surface area (Å²) >= 11 is 6.09. The number of nitrogens with zero attached hydrogens (tertiary/aromatic N) is 4. The van der Waals surface area contributed by atoms with Gasteiger partial charge in [-0.1, -0.05) is 29.8 Å². The first-order chi connectivity index (χ1) is 23.0. The maximum atomic E-state index is 13.9. The molecule has 0 bridgehead atoms. The van der Waals surface area contributed by atoms with E-state index in [0.717, 1.165) is 56.1 Å². The number of nitrogens with one attached hydrogen (secondary N) is 1. The number of piperidine rings is 2. The third-order valence-electron chi connectivity index (χ3n) is 10.2. The third-order valence-corrected chi connectivity index (χ3v) is 10.5. The van der Waals surface area contributed by atoms with Crippen LogP contribution in [0.15, 0.2) is 36.4 Å². The number of likely N-dealkylation sites (tertiary alicyclic amines) is 3. The van der Waals surface area contributed by atoms with Gasteiger partial charge >= 0.3 is 18.3 Å². The molecule has 10 nitrogen and oxygen atoms in total. The van der Waals surface area contributed by atoms with Crippen molar-refractivity contribution >= 4 is 41.0 Å². The summed E-state index contributed by atoms with van der Waals surface area (Å²) in [5, 5.41) is 2.70. The van der Waals surface area contributed by atoms with Crippen molar-refractivity contribution in [2.75, 3.05) is 56.9 Å². The van der Waals surface area contributed by atoms with Gasteiger partial charge in [-0.3, -0.25) is 4.79 Å². The minimum Gasteiger partial charge on any atom is -0.436 e. The average Bonchev–Trinajstić information content (AvgIpc) is 3.56. The van der Waals surface area contributed by atoms with E-state index in [4.69, 9.17) is 22.1 Å². The molecule has 48 heavy (non-hydrogen) atoms. The fourth-order valence-corrected chi connectivity index (χ4v) is 7.72. The van der Waals surface area contributed by atoms with E-state index < -0.39 is 35.5 Å². The summed E-state index contributed by atoms with van der Waals surface area (Å²) in [6, 6.07) is 9.96. The molecule has 260 valence electrons. The zero-order valence-electron chi connectivity index (χ0n) is 26.8. The number of carbonyl (C=O) groups excluding carboxylic acids is 3. The fourth-order valence-electron chi connectivity index (χ4n) is 7.48. The summed E-state index contributed by atoms with van der Waals surface area (Å²) in [6.45, 7) is 4.18. The molecule has 2 aromatic carbocycles. The van der Waals surface area contributed by atoms with Gasteiger partial charge in [0.15, 0.2) is 6.10 Å². The Balaban J connectivity index is 1.12. The number of fused-ring (bicyclic) bond motifs is 1. The van der Waals surface area contributed by atoms with Crippen LogP contribution in [-0.4, -0.2) is 102 Å². The van der Waals surface area contributed by atoms with Crippen molar-refractivity contribution in [2.45, 2.75) is 75.7 Å². The monoisotopic (exact) mass is 690 g/mol. The van der Waals surface area contributed by atoms with Crippen molar-refractivity contribution in [2.24, 2.45) is 0 Å². The Bertz CT molecular complexity index is 1500. The van der Waals surface area contributed by atoms with Crippen LogP contribution in [0.4, 0.5) is 34.1 Å². The van der Waals surface area contributed by atoms with Crippen LogP contribution < -0.4 is 11.1 Å². The van der Waals surface area contributed by atoms with Gasteiger partial charge in [-0.25, -0.2) is 9.59 Å². The van der Waals surface area contributed by atoms with Crippen LogP contribution in [-0.2, 0) is 28.5 Å². The van der Waals surface area contributed by atoms with E-state index in [9.17, 15) is 27.6 Å². The second-order valence-electron chi connectivity index (χ2n) is 13.2. The topological polar surface area (TPSA) is 111 Å². The van der Waals surface area contributed by atoms with Crippen LogP contribution in [0.2, 0.25) is 5.02 Å². The minimum absolute atomic E-state index is 0.0876. The number of nitrogens with two attached hydrogens (primary N) is 1. The number of hydrogen-bond acceptors (Lipinski definition) is 6. The lowest BCUT2D eigenvalue weighted by Crippen LogP contribution is -2.52. The van der Waals surface area contributed by atoms with Crippen LogP contribution in [0.1, 0.15) is 55.2 Å². The molecule has 4 heterocycles. The van der Waals surface area contributed by atoms with Gasteiger partial charge < -0.3 is 35.4 Å². The molecule has 3 fully saturated rings. The van der Waals surface area contributed by atoms with Gasteiger partial charge in [0.05, 0.1) is 16.3 Å². The van der Waals surface area contributed by atoms with Crippen LogP contribution in [0.5, 0.6) is 0 Å². The summed E-state index contributed by atoms with van der Waals surface area (Å²) in [5.41, 5.74) is 5.90. The van der Waals surface area contributed by atoms with Crippen molar-refractivity contribution in [1.82, 2.24) is 19.6 Å². The molecular formula is C34H42ClF3N6O4. The molecule has 3 N–H and O–H groups in total. The van der Waals surface area contributed by atoms with Crippen molar-refractivity contribution in [1.29, 1.82) is 0 Å². The number of para-hydroxylation sites is 1. The number of hydrogen-bond donors (Lipinski definition) is 2. The average molecular weight is 691 g/mol. The Morgan fingerprint density at radius 1 is 0.938 bits per heavy atom. The number of nitrogen functional groups attached to an aromatic ring is 1. The smallest absolute Gasteiger partial charge is 0.418 e. The first-order valence-corrected chi connectivity index (χ1v) is 17.1. The molecule has 0 aliphatic carbocycles. The maximum absolute atomic E-state index is 13.9. The number of benzene rings is 2. The Morgan fingerprint density at radius 3 is 2.27 bits per heavy atom. The van der Waals surface area contributed by atoms with Crippen molar-refractivity contribution in [3.8, 4) is 0 Å². The number of amides is 4. The quantitative estimate of drug-likeness (QED) is 0.381. The zero-order valence-corrected chi connectivity index (χ0v) is 27.6. The number of alkyl halides is 3. The first-order valence-electron chi connectivity index (χ1n) is 16.8. The van der Waals surface area contributed by atoms with E-state index in [-0.39, 0.29) is 29.1 Å². The van der Waals surface area contributed by atoms with Gasteiger partial charge in [-0.15, -0.1) is 0 Å². The number of rotatable bonds is 6. The molecule has 6 rings (SSSR count). The molecule has 0 saturated carbocycles. The summed E-state index contributed by atoms with van der Waals surface area (Å²) < 4.78 is 47.1. The lowest BCUT2D eigenvalue weighted by molar-refractivity contribution is -0.142. The molecule has 4 amide bonds. The van der Waals surface area contributed by atoms with Crippen LogP contribution >= 0.6 is 11.6 Å². The zero-order chi connectivity index (χ0) is 34.0. The van der Waals surface area contributed by atoms with Gasteiger partial charge in [0.25, 0.3) is 5.91 Å². The van der Waals surface area contributed by atoms with Gasteiger partial charge in [-0.2, -0.15) is 13.2 Å². The molecule has 4 aliphatic heterocycles. The molecule has 0 unspecified atom stereocenters. The van der Waals surface area contributed by atoms with Crippen LogP contribution in [0, 0.1) is 0 Å². The Labute approximate surface area is 283 Å². The van der Waals surface area contributed by atoms with Gasteiger partial charge in [0.1, 0.15) is 0 Å². The van der Waals surface area contributed by atoms with Crippen molar-refractivity contribution < 1.29 is 32.3 Å². The Morgan fingerprint density at radius 2 is 1.58 bits per heavy atom. The summed E-state index contributed by atoms with van der Waals surface area (Å²) in [7, 11) is 0. The molecule has 4 aliphatic rings. The highest BCUT2D eigenvalue weighted by Crippen LogP contribution is 2.38. The lowest BCUT2D eigenvalue weighted by atomic mass is 10.00. The lowest BCUT2D eigenvalue weighted by Gasteiger charge is -2.39. The number of carbonyl (C=O) groups is 3.